The number of fused-ring (bicyclic) bond motifs is 2. The fraction of sp³-hybridized carbons (Fsp3) is 0.280. The van der Waals surface area contributed by atoms with Crippen molar-refractivity contribution in [3.8, 4) is 17.0 Å². The van der Waals surface area contributed by atoms with Crippen LogP contribution in [0.3, 0.4) is 0 Å². The van der Waals surface area contributed by atoms with Gasteiger partial charge in [-0.3, -0.25) is 14.6 Å². The second-order valence-corrected chi connectivity index (χ2v) is 9.35. The van der Waals surface area contributed by atoms with Crippen molar-refractivity contribution in [2.24, 2.45) is 16.0 Å². The summed E-state index contributed by atoms with van der Waals surface area (Å²) in [5.41, 5.74) is 4.30. The average Bonchev–Trinajstić information content (AvgIpc) is 3.33. The zero-order valence-corrected chi connectivity index (χ0v) is 20.1. The zero-order chi connectivity index (χ0) is 23.8. The average molecular weight is 476 g/mol. The van der Waals surface area contributed by atoms with E-state index in [9.17, 15) is 9.59 Å². The predicted octanol–water partition coefficient (Wildman–Crippen LogP) is 3.72. The molecule has 3 heterocycles. The SMILES string of the molecule is CCN=c1scc(-c2ccc3c(c2)NC(=O)CO3)n1N=C1C(=O)N(CC(C)C)c2ccccc21. The van der Waals surface area contributed by atoms with Crippen LogP contribution in [0.15, 0.2) is 57.9 Å². The molecule has 2 aliphatic rings. The summed E-state index contributed by atoms with van der Waals surface area (Å²) in [6.45, 7) is 7.35. The molecule has 0 fully saturated rings. The quantitative estimate of drug-likeness (QED) is 0.610. The van der Waals surface area contributed by atoms with Gasteiger partial charge in [-0.2, -0.15) is 5.10 Å². The molecular weight excluding hydrogens is 450 g/mol. The summed E-state index contributed by atoms with van der Waals surface area (Å²) in [5, 5.41) is 9.67. The van der Waals surface area contributed by atoms with Gasteiger partial charge in [0.1, 0.15) is 5.75 Å². The first-order chi connectivity index (χ1) is 16.5. The van der Waals surface area contributed by atoms with Crippen molar-refractivity contribution in [2.45, 2.75) is 20.8 Å². The molecule has 0 atom stereocenters. The van der Waals surface area contributed by atoms with Crippen molar-refractivity contribution in [1.82, 2.24) is 4.68 Å². The highest BCUT2D eigenvalue weighted by Crippen LogP contribution is 2.34. The van der Waals surface area contributed by atoms with Crippen LogP contribution in [0.5, 0.6) is 5.75 Å². The second-order valence-electron chi connectivity index (χ2n) is 8.51. The minimum atomic E-state index is -0.192. The molecule has 34 heavy (non-hydrogen) atoms. The lowest BCUT2D eigenvalue weighted by molar-refractivity contribution is -0.118. The number of anilines is 2. The Morgan fingerprint density at radius 2 is 2.00 bits per heavy atom. The summed E-state index contributed by atoms with van der Waals surface area (Å²) in [4.78, 5) is 32.3. The zero-order valence-electron chi connectivity index (χ0n) is 19.2. The molecule has 2 aromatic carbocycles. The Kier molecular flexibility index (Phi) is 5.79. The fourth-order valence-corrected chi connectivity index (χ4v) is 4.98. The molecule has 174 valence electrons. The van der Waals surface area contributed by atoms with Crippen molar-refractivity contribution in [3.63, 3.8) is 0 Å². The van der Waals surface area contributed by atoms with Crippen molar-refractivity contribution >= 4 is 40.2 Å². The van der Waals surface area contributed by atoms with E-state index in [1.807, 2.05) is 54.8 Å². The number of nitrogens with one attached hydrogen (secondary N) is 1. The van der Waals surface area contributed by atoms with Crippen LogP contribution >= 0.6 is 11.3 Å². The van der Waals surface area contributed by atoms with Gasteiger partial charge in [0.05, 0.1) is 17.1 Å². The van der Waals surface area contributed by atoms with E-state index in [2.05, 4.69) is 24.2 Å². The topological polar surface area (TPSA) is 88.3 Å². The van der Waals surface area contributed by atoms with Gasteiger partial charge in [0.25, 0.3) is 11.8 Å². The highest BCUT2D eigenvalue weighted by atomic mass is 32.1. The molecule has 0 spiro atoms. The number of ether oxygens (including phenoxy) is 1. The Morgan fingerprint density at radius 1 is 1.18 bits per heavy atom. The molecule has 0 saturated heterocycles. The molecule has 0 aliphatic carbocycles. The third-order valence-corrected chi connectivity index (χ3v) is 6.39. The molecule has 2 aliphatic heterocycles. The number of aromatic nitrogens is 1. The van der Waals surface area contributed by atoms with Crippen molar-refractivity contribution in [3.05, 3.63) is 58.2 Å². The number of carbonyl (C=O) groups is 2. The number of para-hydroxylation sites is 1. The number of hydrogen-bond acceptors (Lipinski definition) is 6. The number of nitrogens with zero attached hydrogens (tertiary/aromatic N) is 4. The molecule has 9 heteroatoms. The van der Waals surface area contributed by atoms with E-state index in [1.165, 1.54) is 11.3 Å². The molecule has 5 rings (SSSR count). The molecule has 8 nitrogen and oxygen atoms in total. The molecule has 0 unspecified atom stereocenters. The summed E-state index contributed by atoms with van der Waals surface area (Å²) in [6.07, 6.45) is 0. The maximum absolute atomic E-state index is 13.5. The van der Waals surface area contributed by atoms with E-state index in [1.54, 1.807) is 9.58 Å². The molecule has 1 aromatic heterocycles. The maximum atomic E-state index is 13.5. The molecule has 2 amide bonds. The highest BCUT2D eigenvalue weighted by molar-refractivity contribution is 7.07. The van der Waals surface area contributed by atoms with Crippen LogP contribution in [0, 0.1) is 5.92 Å². The first-order valence-electron chi connectivity index (χ1n) is 11.2. The van der Waals surface area contributed by atoms with Gasteiger partial charge in [-0.25, -0.2) is 4.68 Å². The van der Waals surface area contributed by atoms with E-state index in [0.717, 1.165) is 22.5 Å². The number of hydrogen-bond donors (Lipinski definition) is 1. The van der Waals surface area contributed by atoms with Crippen LogP contribution in [0.25, 0.3) is 11.3 Å². The van der Waals surface area contributed by atoms with E-state index in [0.29, 0.717) is 41.0 Å². The molecule has 1 N–H and O–H groups in total. The third kappa shape index (κ3) is 3.92. The van der Waals surface area contributed by atoms with Gasteiger partial charge in [-0.05, 0) is 37.1 Å². The normalized spacial score (nSPS) is 16.6. The van der Waals surface area contributed by atoms with Gasteiger partial charge in [-0.1, -0.05) is 32.0 Å². The summed E-state index contributed by atoms with van der Waals surface area (Å²) in [7, 11) is 0. The van der Waals surface area contributed by atoms with Crippen LogP contribution in [0.4, 0.5) is 11.4 Å². The van der Waals surface area contributed by atoms with Crippen molar-refractivity contribution in [1.29, 1.82) is 0 Å². The Bertz CT molecular complexity index is 1390. The van der Waals surface area contributed by atoms with Crippen molar-refractivity contribution < 1.29 is 14.3 Å². The van der Waals surface area contributed by atoms with Gasteiger partial charge in [0.2, 0.25) is 4.80 Å². The van der Waals surface area contributed by atoms with Crippen LogP contribution in [0.2, 0.25) is 0 Å². The number of carbonyl (C=O) groups excluding carboxylic acids is 2. The standard InChI is InChI=1S/C25H25N5O3S/c1-4-26-25-30(20(14-34-25)16-9-10-21-18(11-16)27-22(31)13-33-21)28-23-17-7-5-6-8-19(17)29(24(23)32)12-15(2)3/h5-11,14-15H,4,12-13H2,1-3H3,(H,27,31). The molecular formula is C25H25N5O3S. The minimum absolute atomic E-state index is 0.00633. The number of rotatable bonds is 5. The lowest BCUT2D eigenvalue weighted by Gasteiger charge is -2.19. The summed E-state index contributed by atoms with van der Waals surface area (Å²) >= 11 is 1.46. The smallest absolute Gasteiger partial charge is 0.279 e. The Labute approximate surface area is 201 Å². The maximum Gasteiger partial charge on any atom is 0.279 e. The van der Waals surface area contributed by atoms with Gasteiger partial charge >= 0.3 is 0 Å². The Hall–Kier alpha value is -3.72. The van der Waals surface area contributed by atoms with E-state index in [-0.39, 0.29) is 18.4 Å². The van der Waals surface area contributed by atoms with E-state index in [4.69, 9.17) is 9.84 Å². The van der Waals surface area contributed by atoms with E-state index >= 15 is 0 Å². The Morgan fingerprint density at radius 3 is 2.79 bits per heavy atom. The van der Waals surface area contributed by atoms with E-state index < -0.39 is 0 Å². The second kappa shape index (κ2) is 8.90. The van der Waals surface area contributed by atoms with Gasteiger partial charge in [-0.15, -0.1) is 11.3 Å². The monoisotopic (exact) mass is 475 g/mol. The molecule has 3 aromatic rings. The number of benzene rings is 2. The Balaban J connectivity index is 1.65. The van der Waals surface area contributed by atoms with Crippen molar-refractivity contribution in [2.75, 3.05) is 29.9 Å². The largest absolute Gasteiger partial charge is 0.482 e. The van der Waals surface area contributed by atoms with Crippen LogP contribution < -0.4 is 19.8 Å². The summed E-state index contributed by atoms with van der Waals surface area (Å²) in [6, 6.07) is 13.4. The van der Waals surface area contributed by atoms with Gasteiger partial charge < -0.3 is 15.0 Å². The van der Waals surface area contributed by atoms with Crippen LogP contribution in [-0.2, 0) is 9.59 Å². The fourth-order valence-electron chi connectivity index (χ4n) is 4.09. The van der Waals surface area contributed by atoms with Gasteiger partial charge in [0.15, 0.2) is 12.3 Å². The summed E-state index contributed by atoms with van der Waals surface area (Å²) in [5.74, 6) is 0.634. The third-order valence-electron chi connectivity index (χ3n) is 5.53. The predicted molar refractivity (Wildman–Crippen MR) is 134 cm³/mol. The lowest BCUT2D eigenvalue weighted by Crippen LogP contribution is -2.34. The molecule has 0 radical (unpaired) electrons. The number of amides is 2. The molecule has 0 saturated carbocycles. The highest BCUT2D eigenvalue weighted by Gasteiger charge is 2.34. The van der Waals surface area contributed by atoms with Crippen LogP contribution in [0.1, 0.15) is 26.3 Å². The van der Waals surface area contributed by atoms with Crippen LogP contribution in [-0.4, -0.2) is 41.9 Å². The lowest BCUT2D eigenvalue weighted by atomic mass is 10.1. The number of thiazole rings is 1. The molecule has 0 bridgehead atoms. The van der Waals surface area contributed by atoms with Gasteiger partial charge in [0, 0.05) is 29.6 Å². The summed E-state index contributed by atoms with van der Waals surface area (Å²) < 4.78 is 7.22. The first-order valence-corrected chi connectivity index (χ1v) is 12.1. The first kappa shape index (κ1) is 22.1. The minimum Gasteiger partial charge on any atom is -0.482 e.